The molecule has 0 spiro atoms. The van der Waals surface area contributed by atoms with Crippen LogP contribution in [0.1, 0.15) is 47.5 Å². The summed E-state index contributed by atoms with van der Waals surface area (Å²) >= 11 is 0. The van der Waals surface area contributed by atoms with Crippen LogP contribution < -0.4 is 0 Å². The van der Waals surface area contributed by atoms with Crippen molar-refractivity contribution < 1.29 is 23.2 Å². The first-order valence-electron chi connectivity index (χ1n) is 6.82. The third-order valence-electron chi connectivity index (χ3n) is 2.43. The summed E-state index contributed by atoms with van der Waals surface area (Å²) in [5, 5.41) is 0. The Morgan fingerprint density at radius 1 is 1.05 bits per heavy atom. The van der Waals surface area contributed by atoms with Gasteiger partial charge in [-0.2, -0.15) is 0 Å². The molecule has 0 radical (unpaired) electrons. The lowest BCUT2D eigenvalue weighted by Gasteiger charge is -2.19. The molecule has 1 atom stereocenters. The van der Waals surface area contributed by atoms with Crippen LogP contribution in [0.2, 0.25) is 0 Å². The molecule has 0 aromatic carbocycles. The lowest BCUT2D eigenvalue weighted by Crippen LogP contribution is -2.10. The van der Waals surface area contributed by atoms with Crippen molar-refractivity contribution in [3.8, 4) is 0 Å². The Morgan fingerprint density at radius 2 is 1.63 bits per heavy atom. The first-order chi connectivity index (χ1) is 8.62. The zero-order chi connectivity index (χ0) is 14.9. The summed E-state index contributed by atoms with van der Waals surface area (Å²) in [6.07, 6.45) is 1.67. The number of phosphoric acid groups is 1. The average molecular weight is 296 g/mol. The van der Waals surface area contributed by atoms with E-state index in [2.05, 4.69) is 13.8 Å². The van der Waals surface area contributed by atoms with E-state index in [1.807, 2.05) is 20.8 Å². The molecule has 0 bridgehead atoms. The second-order valence-electron chi connectivity index (χ2n) is 6.24. The lowest BCUT2D eigenvalue weighted by molar-refractivity contribution is 0.0694. The monoisotopic (exact) mass is 296 g/mol. The van der Waals surface area contributed by atoms with Crippen molar-refractivity contribution in [2.24, 2.45) is 11.3 Å². The van der Waals surface area contributed by atoms with Crippen molar-refractivity contribution >= 4 is 7.82 Å². The highest BCUT2D eigenvalue weighted by Gasteiger charge is 2.22. The van der Waals surface area contributed by atoms with Crippen molar-refractivity contribution in [3.63, 3.8) is 0 Å². The Kier molecular flexibility index (Phi) is 9.12. The molecule has 0 aliphatic heterocycles. The summed E-state index contributed by atoms with van der Waals surface area (Å²) in [5.41, 5.74) is 0.0694. The van der Waals surface area contributed by atoms with Crippen molar-refractivity contribution in [1.82, 2.24) is 0 Å². The summed E-state index contributed by atoms with van der Waals surface area (Å²) < 4.78 is 26.5. The number of hydrogen-bond donors (Lipinski definition) is 1. The minimum absolute atomic E-state index is 0.0694. The van der Waals surface area contributed by atoms with Gasteiger partial charge in [0.1, 0.15) is 0 Å². The highest BCUT2D eigenvalue weighted by molar-refractivity contribution is 7.47. The number of rotatable bonds is 10. The second kappa shape index (κ2) is 9.09. The Hall–Kier alpha value is 0.0700. The van der Waals surface area contributed by atoms with Gasteiger partial charge in [-0.25, -0.2) is 4.57 Å². The first-order valence-corrected chi connectivity index (χ1v) is 8.31. The molecule has 1 unspecified atom stereocenters. The fourth-order valence-corrected chi connectivity index (χ4v) is 1.84. The minimum atomic E-state index is -3.93. The number of phosphoric ester groups is 1. The van der Waals surface area contributed by atoms with Gasteiger partial charge in [-0.3, -0.25) is 9.05 Å². The third kappa shape index (κ3) is 14.3. The van der Waals surface area contributed by atoms with Crippen molar-refractivity contribution in [2.75, 3.05) is 26.4 Å². The second-order valence-corrected chi connectivity index (χ2v) is 7.69. The summed E-state index contributed by atoms with van der Waals surface area (Å²) in [6.45, 7) is 11.6. The van der Waals surface area contributed by atoms with E-state index in [0.29, 0.717) is 25.6 Å². The molecule has 116 valence electrons. The highest BCUT2D eigenvalue weighted by atomic mass is 31.2. The van der Waals surface area contributed by atoms with Gasteiger partial charge in [-0.05, 0) is 24.2 Å². The quantitative estimate of drug-likeness (QED) is 0.492. The molecule has 19 heavy (non-hydrogen) atoms. The topological polar surface area (TPSA) is 65.0 Å². The molecule has 0 saturated heterocycles. The van der Waals surface area contributed by atoms with Crippen LogP contribution in [0.4, 0.5) is 0 Å². The van der Waals surface area contributed by atoms with Crippen LogP contribution >= 0.6 is 7.82 Å². The van der Waals surface area contributed by atoms with Crippen molar-refractivity contribution in [3.05, 3.63) is 0 Å². The largest absolute Gasteiger partial charge is 0.472 e. The van der Waals surface area contributed by atoms with Crippen LogP contribution in [0, 0.1) is 11.3 Å². The maximum absolute atomic E-state index is 11.5. The molecule has 0 aromatic rings. The molecule has 1 N–H and O–H groups in total. The molecule has 5 nitrogen and oxygen atoms in total. The van der Waals surface area contributed by atoms with Crippen molar-refractivity contribution in [2.45, 2.75) is 47.5 Å². The predicted molar refractivity (Wildman–Crippen MR) is 76.1 cm³/mol. The van der Waals surface area contributed by atoms with Crippen LogP contribution in [0.3, 0.4) is 0 Å². The summed E-state index contributed by atoms with van der Waals surface area (Å²) in [4.78, 5) is 9.41. The van der Waals surface area contributed by atoms with Crippen molar-refractivity contribution in [1.29, 1.82) is 0 Å². The molecule has 0 saturated carbocycles. The third-order valence-corrected chi connectivity index (χ3v) is 3.45. The highest BCUT2D eigenvalue weighted by Crippen LogP contribution is 2.43. The average Bonchev–Trinajstić information content (AvgIpc) is 2.20. The SMILES string of the molecule is CC(C)CCOCCOP(=O)(O)OCCC(C)(C)C. The summed E-state index contributed by atoms with van der Waals surface area (Å²) in [5.74, 6) is 0.589. The molecular weight excluding hydrogens is 267 g/mol. The van der Waals surface area contributed by atoms with Gasteiger partial charge in [-0.1, -0.05) is 34.6 Å². The Morgan fingerprint density at radius 3 is 2.16 bits per heavy atom. The van der Waals surface area contributed by atoms with E-state index in [9.17, 15) is 9.46 Å². The molecule has 0 amide bonds. The van der Waals surface area contributed by atoms with Gasteiger partial charge in [0.2, 0.25) is 0 Å². The van der Waals surface area contributed by atoms with E-state index in [1.54, 1.807) is 0 Å². The zero-order valence-corrected chi connectivity index (χ0v) is 13.7. The van der Waals surface area contributed by atoms with Gasteiger partial charge in [-0.15, -0.1) is 0 Å². The van der Waals surface area contributed by atoms with Crippen LogP contribution in [0.15, 0.2) is 0 Å². The van der Waals surface area contributed by atoms with Gasteiger partial charge in [0.25, 0.3) is 0 Å². The van der Waals surface area contributed by atoms with Gasteiger partial charge in [0, 0.05) is 6.61 Å². The van der Waals surface area contributed by atoms with Crippen LogP contribution in [-0.4, -0.2) is 31.3 Å². The standard InChI is InChI=1S/C13H29O5P/c1-12(2)6-8-16-10-11-18-19(14,15)17-9-7-13(3,4)5/h12H,6-11H2,1-5H3,(H,14,15). The lowest BCUT2D eigenvalue weighted by atomic mass is 9.93. The van der Waals surface area contributed by atoms with Crippen LogP contribution in [0.5, 0.6) is 0 Å². The summed E-state index contributed by atoms with van der Waals surface area (Å²) in [7, 11) is -3.93. The molecule has 0 aromatic heterocycles. The van der Waals surface area contributed by atoms with E-state index < -0.39 is 7.82 Å². The molecule has 0 aliphatic rings. The maximum atomic E-state index is 11.5. The van der Waals surface area contributed by atoms with Gasteiger partial charge >= 0.3 is 7.82 Å². The predicted octanol–water partition coefficient (Wildman–Crippen LogP) is 3.62. The van der Waals surface area contributed by atoms with E-state index in [-0.39, 0.29) is 18.6 Å². The molecule has 0 rings (SSSR count). The fourth-order valence-electron chi connectivity index (χ4n) is 1.14. The molecule has 0 fully saturated rings. The zero-order valence-electron chi connectivity index (χ0n) is 12.8. The van der Waals surface area contributed by atoms with Gasteiger partial charge < -0.3 is 9.63 Å². The van der Waals surface area contributed by atoms with E-state index in [4.69, 9.17) is 13.8 Å². The van der Waals surface area contributed by atoms with Gasteiger partial charge in [0.15, 0.2) is 0 Å². The van der Waals surface area contributed by atoms with Gasteiger partial charge in [0.05, 0.1) is 19.8 Å². The van der Waals surface area contributed by atoms with Crippen LogP contribution in [-0.2, 0) is 18.3 Å². The number of hydrogen-bond acceptors (Lipinski definition) is 4. The summed E-state index contributed by atoms with van der Waals surface area (Å²) in [6, 6.07) is 0. The molecule has 0 heterocycles. The minimum Gasteiger partial charge on any atom is -0.379 e. The Bertz CT molecular complexity index is 273. The number of ether oxygens (including phenoxy) is 1. The van der Waals surface area contributed by atoms with E-state index in [1.165, 1.54) is 0 Å². The molecule has 0 aliphatic carbocycles. The van der Waals surface area contributed by atoms with E-state index >= 15 is 0 Å². The Labute approximate surface area is 117 Å². The maximum Gasteiger partial charge on any atom is 0.472 e. The Balaban J connectivity index is 3.60. The smallest absolute Gasteiger partial charge is 0.379 e. The molecular formula is C13H29O5P. The first kappa shape index (κ1) is 19.1. The van der Waals surface area contributed by atoms with Crippen LogP contribution in [0.25, 0.3) is 0 Å². The van der Waals surface area contributed by atoms with E-state index in [0.717, 1.165) is 6.42 Å². The molecule has 6 heteroatoms. The fraction of sp³-hybridized carbons (Fsp3) is 1.00. The normalized spacial score (nSPS) is 15.7.